The van der Waals surface area contributed by atoms with Crippen LogP contribution in [0.5, 0.6) is 0 Å². The van der Waals surface area contributed by atoms with Crippen LogP contribution in [-0.4, -0.2) is 6.04 Å². The number of benzene rings is 2. The highest BCUT2D eigenvalue weighted by atomic mass is 14.9. The van der Waals surface area contributed by atoms with Gasteiger partial charge in [-0.1, -0.05) is 36.4 Å². The van der Waals surface area contributed by atoms with Gasteiger partial charge < -0.3 is 5.32 Å². The van der Waals surface area contributed by atoms with Crippen LogP contribution in [0.1, 0.15) is 30.5 Å². The zero-order chi connectivity index (χ0) is 14.9. The summed E-state index contributed by atoms with van der Waals surface area (Å²) in [5.74, 6) is 0. The van der Waals surface area contributed by atoms with Crippen molar-refractivity contribution in [3.8, 4) is 6.07 Å². The molecule has 2 aromatic carbocycles. The molecule has 0 spiro atoms. The Balaban J connectivity index is 1.69. The van der Waals surface area contributed by atoms with Crippen molar-refractivity contribution in [2.45, 2.75) is 38.1 Å². The Labute approximate surface area is 126 Å². The molecule has 1 N–H and O–H groups in total. The smallest absolute Gasteiger partial charge is 0.0766 e. The molecule has 21 heavy (non-hydrogen) atoms. The average molecular weight is 276 g/mol. The van der Waals surface area contributed by atoms with Crippen LogP contribution in [0.15, 0.2) is 48.5 Å². The van der Waals surface area contributed by atoms with E-state index in [1.807, 2.05) is 26.0 Å². The van der Waals surface area contributed by atoms with E-state index in [0.29, 0.717) is 6.04 Å². The summed E-state index contributed by atoms with van der Waals surface area (Å²) in [7, 11) is 0. The summed E-state index contributed by atoms with van der Waals surface area (Å²) >= 11 is 0. The van der Waals surface area contributed by atoms with Crippen molar-refractivity contribution in [1.82, 2.24) is 0 Å². The van der Waals surface area contributed by atoms with Crippen molar-refractivity contribution < 1.29 is 0 Å². The molecular weight excluding hydrogens is 256 g/mol. The lowest BCUT2D eigenvalue weighted by Crippen LogP contribution is -2.19. The normalized spacial score (nSPS) is 14.5. The van der Waals surface area contributed by atoms with Crippen molar-refractivity contribution in [3.05, 3.63) is 65.2 Å². The van der Waals surface area contributed by atoms with Crippen LogP contribution >= 0.6 is 0 Å². The molecule has 2 nitrogen and oxygen atoms in total. The van der Waals surface area contributed by atoms with Crippen molar-refractivity contribution in [2.75, 3.05) is 5.32 Å². The number of anilines is 1. The molecule has 0 aliphatic heterocycles. The van der Waals surface area contributed by atoms with Gasteiger partial charge in [-0.25, -0.2) is 0 Å². The molecule has 0 aromatic heterocycles. The van der Waals surface area contributed by atoms with E-state index in [9.17, 15) is 5.26 Å². The Bertz CT molecular complexity index is 652. The maximum absolute atomic E-state index is 9.18. The molecule has 0 fully saturated rings. The standard InChI is InChI=1S/C19H20N2/c1-19(2,13-20)16-7-9-17(10-8-16)21-18-11-14-5-3-4-6-15(14)12-18/h3-10,18,21H,11-12H2,1-2H3. The quantitative estimate of drug-likeness (QED) is 0.917. The van der Waals surface area contributed by atoms with Crippen LogP contribution in [0, 0.1) is 11.3 Å². The SMILES string of the molecule is CC(C)(C#N)c1ccc(NC2Cc3ccccc3C2)cc1. The van der Waals surface area contributed by atoms with Gasteiger partial charge in [0, 0.05) is 11.7 Å². The summed E-state index contributed by atoms with van der Waals surface area (Å²) < 4.78 is 0. The molecular formula is C19H20N2. The van der Waals surface area contributed by atoms with Crippen LogP contribution in [0.2, 0.25) is 0 Å². The van der Waals surface area contributed by atoms with E-state index in [1.54, 1.807) is 0 Å². The summed E-state index contributed by atoms with van der Waals surface area (Å²) in [6.07, 6.45) is 2.17. The van der Waals surface area contributed by atoms with Gasteiger partial charge in [-0.05, 0) is 55.5 Å². The number of nitrogens with zero attached hydrogens (tertiary/aromatic N) is 1. The largest absolute Gasteiger partial charge is 0.382 e. The molecule has 0 saturated carbocycles. The first-order chi connectivity index (χ1) is 10.1. The molecule has 0 radical (unpaired) electrons. The van der Waals surface area contributed by atoms with Crippen molar-refractivity contribution in [3.63, 3.8) is 0 Å². The highest BCUT2D eigenvalue weighted by molar-refractivity contribution is 5.49. The Morgan fingerprint density at radius 1 is 1.00 bits per heavy atom. The Hall–Kier alpha value is -2.27. The van der Waals surface area contributed by atoms with Crippen molar-refractivity contribution in [1.29, 1.82) is 5.26 Å². The first-order valence-electron chi connectivity index (χ1n) is 7.43. The lowest BCUT2D eigenvalue weighted by Gasteiger charge is -2.18. The van der Waals surface area contributed by atoms with Crippen molar-refractivity contribution >= 4 is 5.69 Å². The fraction of sp³-hybridized carbons (Fsp3) is 0.316. The topological polar surface area (TPSA) is 35.8 Å². The minimum atomic E-state index is -0.428. The summed E-state index contributed by atoms with van der Waals surface area (Å²) in [4.78, 5) is 0. The lowest BCUT2D eigenvalue weighted by atomic mass is 9.86. The Morgan fingerprint density at radius 3 is 2.10 bits per heavy atom. The molecule has 0 amide bonds. The van der Waals surface area contributed by atoms with Gasteiger partial charge in [0.25, 0.3) is 0 Å². The number of fused-ring (bicyclic) bond motifs is 1. The van der Waals surface area contributed by atoms with Crippen LogP contribution in [0.25, 0.3) is 0 Å². The number of nitrogens with one attached hydrogen (secondary N) is 1. The number of rotatable bonds is 3. The molecule has 1 aliphatic rings. The van der Waals surface area contributed by atoms with Gasteiger partial charge >= 0.3 is 0 Å². The van der Waals surface area contributed by atoms with E-state index in [0.717, 1.165) is 24.1 Å². The molecule has 1 aliphatic carbocycles. The second-order valence-corrected chi connectivity index (χ2v) is 6.33. The number of hydrogen-bond acceptors (Lipinski definition) is 2. The predicted octanol–water partition coefficient (Wildman–Crippen LogP) is 4.07. The zero-order valence-corrected chi connectivity index (χ0v) is 12.6. The third-order valence-electron chi connectivity index (χ3n) is 4.31. The summed E-state index contributed by atoms with van der Waals surface area (Å²) in [6, 6.07) is 19.7. The van der Waals surface area contributed by atoms with Gasteiger partial charge in [0.1, 0.15) is 0 Å². The molecule has 0 bridgehead atoms. The van der Waals surface area contributed by atoms with Gasteiger partial charge in [0.15, 0.2) is 0 Å². The fourth-order valence-electron chi connectivity index (χ4n) is 2.94. The van der Waals surface area contributed by atoms with Gasteiger partial charge in [0.2, 0.25) is 0 Å². The summed E-state index contributed by atoms with van der Waals surface area (Å²) in [5, 5.41) is 12.8. The molecule has 106 valence electrons. The van der Waals surface area contributed by atoms with Gasteiger partial charge in [-0.15, -0.1) is 0 Å². The Kier molecular flexibility index (Phi) is 3.43. The van der Waals surface area contributed by atoms with E-state index >= 15 is 0 Å². The third kappa shape index (κ3) is 2.78. The van der Waals surface area contributed by atoms with E-state index in [2.05, 4.69) is 47.8 Å². The minimum Gasteiger partial charge on any atom is -0.382 e. The number of hydrogen-bond donors (Lipinski definition) is 1. The molecule has 0 unspecified atom stereocenters. The van der Waals surface area contributed by atoms with E-state index in [1.165, 1.54) is 11.1 Å². The fourth-order valence-corrected chi connectivity index (χ4v) is 2.94. The molecule has 2 aromatic rings. The second-order valence-electron chi connectivity index (χ2n) is 6.33. The Morgan fingerprint density at radius 2 is 1.57 bits per heavy atom. The lowest BCUT2D eigenvalue weighted by molar-refractivity contribution is 0.687. The van der Waals surface area contributed by atoms with Crippen LogP contribution in [-0.2, 0) is 18.3 Å². The minimum absolute atomic E-state index is 0.428. The zero-order valence-electron chi connectivity index (χ0n) is 12.6. The van der Waals surface area contributed by atoms with E-state index in [-0.39, 0.29) is 0 Å². The monoisotopic (exact) mass is 276 g/mol. The first kappa shape index (κ1) is 13.7. The van der Waals surface area contributed by atoms with Crippen LogP contribution in [0.4, 0.5) is 5.69 Å². The average Bonchev–Trinajstić information content (AvgIpc) is 2.90. The van der Waals surface area contributed by atoms with Crippen molar-refractivity contribution in [2.24, 2.45) is 0 Å². The second kappa shape index (κ2) is 5.26. The number of nitriles is 1. The summed E-state index contributed by atoms with van der Waals surface area (Å²) in [6.45, 7) is 3.89. The van der Waals surface area contributed by atoms with Crippen LogP contribution in [0.3, 0.4) is 0 Å². The van der Waals surface area contributed by atoms with Crippen LogP contribution < -0.4 is 5.32 Å². The third-order valence-corrected chi connectivity index (χ3v) is 4.31. The highest BCUT2D eigenvalue weighted by Gasteiger charge is 2.22. The van der Waals surface area contributed by atoms with E-state index in [4.69, 9.17) is 0 Å². The van der Waals surface area contributed by atoms with Gasteiger partial charge in [-0.3, -0.25) is 0 Å². The molecule has 0 heterocycles. The maximum atomic E-state index is 9.18. The molecule has 0 atom stereocenters. The summed E-state index contributed by atoms with van der Waals surface area (Å²) in [5.41, 5.74) is 4.67. The van der Waals surface area contributed by atoms with Gasteiger partial charge in [-0.2, -0.15) is 5.26 Å². The van der Waals surface area contributed by atoms with E-state index < -0.39 is 5.41 Å². The molecule has 0 saturated heterocycles. The molecule has 2 heteroatoms. The highest BCUT2D eigenvalue weighted by Crippen LogP contribution is 2.26. The maximum Gasteiger partial charge on any atom is 0.0766 e. The molecule has 3 rings (SSSR count). The predicted molar refractivity (Wildman–Crippen MR) is 86.3 cm³/mol. The van der Waals surface area contributed by atoms with Gasteiger partial charge in [0.05, 0.1) is 11.5 Å². The first-order valence-corrected chi connectivity index (χ1v) is 7.43.